The Hall–Kier alpha value is -2.00. The van der Waals surface area contributed by atoms with Crippen LogP contribution < -0.4 is 0 Å². The largest absolute Gasteiger partial charge is 0.507 e. The van der Waals surface area contributed by atoms with Crippen LogP contribution in [0.1, 0.15) is 53.4 Å². The number of hydrogen-bond acceptors (Lipinski definition) is 3. The Morgan fingerprint density at radius 2 is 1.71 bits per heavy atom. The Morgan fingerprint density at radius 3 is 2.25 bits per heavy atom. The molecule has 0 aliphatic heterocycles. The monoisotopic (exact) mass is 346 g/mol. The second kappa shape index (κ2) is 6.86. The van der Waals surface area contributed by atoms with Crippen molar-refractivity contribution in [3.8, 4) is 5.75 Å². The summed E-state index contributed by atoms with van der Waals surface area (Å²) in [7, 11) is 0. The van der Waals surface area contributed by atoms with Crippen molar-refractivity contribution in [1.29, 1.82) is 0 Å². The highest BCUT2D eigenvalue weighted by molar-refractivity contribution is 6.31. The van der Waals surface area contributed by atoms with E-state index >= 15 is 0 Å². The fraction of sp³-hybridized carbons (Fsp3) is 0.350. The molecular weight excluding hydrogens is 324 g/mol. The summed E-state index contributed by atoms with van der Waals surface area (Å²) in [4.78, 5) is 12.2. The molecule has 2 aromatic rings. The highest BCUT2D eigenvalue weighted by Crippen LogP contribution is 2.28. The van der Waals surface area contributed by atoms with Crippen molar-refractivity contribution in [3.05, 3.63) is 63.2 Å². The van der Waals surface area contributed by atoms with E-state index in [0.29, 0.717) is 5.02 Å². The average molecular weight is 347 g/mol. The number of rotatable bonds is 3. The summed E-state index contributed by atoms with van der Waals surface area (Å²) in [6, 6.07) is 8.57. The Kier molecular flexibility index (Phi) is 5.24. The SMILES string of the molecule is Cc1cc(C(C)(C)C)cc(C)c1COC(=O)c1cc(Cl)ccc1O. The van der Waals surface area contributed by atoms with Gasteiger partial charge in [-0.05, 0) is 59.7 Å². The van der Waals surface area contributed by atoms with Crippen LogP contribution >= 0.6 is 11.6 Å². The molecule has 0 heterocycles. The molecule has 0 aliphatic rings. The fourth-order valence-electron chi connectivity index (χ4n) is 2.54. The molecule has 0 amide bonds. The minimum absolute atomic E-state index is 0.0668. The maximum absolute atomic E-state index is 12.2. The fourth-order valence-corrected chi connectivity index (χ4v) is 2.71. The van der Waals surface area contributed by atoms with E-state index in [2.05, 4.69) is 32.9 Å². The molecule has 0 radical (unpaired) electrons. The lowest BCUT2D eigenvalue weighted by atomic mass is 9.84. The van der Waals surface area contributed by atoms with Crippen LogP contribution in [-0.2, 0) is 16.8 Å². The van der Waals surface area contributed by atoms with Crippen molar-refractivity contribution in [3.63, 3.8) is 0 Å². The number of phenolic OH excluding ortho intramolecular Hbond substituents is 1. The molecule has 0 spiro atoms. The number of benzene rings is 2. The van der Waals surface area contributed by atoms with Crippen molar-refractivity contribution < 1.29 is 14.6 Å². The van der Waals surface area contributed by atoms with Crippen LogP contribution in [-0.4, -0.2) is 11.1 Å². The third-order valence-corrected chi connectivity index (χ3v) is 4.32. The topological polar surface area (TPSA) is 46.5 Å². The van der Waals surface area contributed by atoms with Crippen molar-refractivity contribution in [2.75, 3.05) is 0 Å². The van der Waals surface area contributed by atoms with Crippen molar-refractivity contribution in [2.24, 2.45) is 0 Å². The zero-order valence-electron chi connectivity index (χ0n) is 14.7. The standard InChI is InChI=1S/C20H23ClO3/c1-12-8-14(20(3,4)5)9-13(2)17(12)11-24-19(23)16-10-15(21)6-7-18(16)22/h6-10,22H,11H2,1-5H3. The highest BCUT2D eigenvalue weighted by atomic mass is 35.5. The number of halogens is 1. The first kappa shape index (κ1) is 18.3. The van der Waals surface area contributed by atoms with E-state index in [1.165, 1.54) is 23.8 Å². The Bertz CT molecular complexity index is 750. The quantitative estimate of drug-likeness (QED) is 0.765. The van der Waals surface area contributed by atoms with E-state index in [1.807, 2.05) is 13.8 Å². The van der Waals surface area contributed by atoms with Crippen molar-refractivity contribution >= 4 is 17.6 Å². The van der Waals surface area contributed by atoms with Gasteiger partial charge in [0.15, 0.2) is 0 Å². The summed E-state index contributed by atoms with van der Waals surface area (Å²) < 4.78 is 5.38. The Labute approximate surface area is 148 Å². The zero-order chi connectivity index (χ0) is 18.1. The lowest BCUT2D eigenvalue weighted by Crippen LogP contribution is -2.13. The summed E-state index contributed by atoms with van der Waals surface area (Å²) in [5.74, 6) is -0.727. The number of aryl methyl sites for hydroxylation is 2. The maximum Gasteiger partial charge on any atom is 0.342 e. The summed E-state index contributed by atoms with van der Waals surface area (Å²) in [5.41, 5.74) is 4.55. The van der Waals surface area contributed by atoms with Gasteiger partial charge in [0.05, 0.1) is 0 Å². The molecule has 4 heteroatoms. The predicted octanol–water partition coefficient (Wildman–Crippen LogP) is 5.32. The molecule has 1 N–H and O–H groups in total. The van der Waals surface area contributed by atoms with Gasteiger partial charge in [-0.15, -0.1) is 0 Å². The molecule has 0 fully saturated rings. The molecule has 0 saturated heterocycles. The van der Waals surface area contributed by atoms with Crippen LogP contribution in [0.25, 0.3) is 0 Å². The van der Waals surface area contributed by atoms with Crippen LogP contribution in [0.3, 0.4) is 0 Å². The number of ether oxygens (including phenoxy) is 1. The van der Waals surface area contributed by atoms with Gasteiger partial charge in [-0.1, -0.05) is 44.5 Å². The Morgan fingerprint density at radius 1 is 1.12 bits per heavy atom. The summed E-state index contributed by atoms with van der Waals surface area (Å²) in [6.07, 6.45) is 0. The number of esters is 1. The van der Waals surface area contributed by atoms with Crippen LogP contribution in [0.15, 0.2) is 30.3 Å². The first-order valence-electron chi connectivity index (χ1n) is 7.86. The molecule has 128 valence electrons. The third kappa shape index (κ3) is 4.09. The molecule has 0 aliphatic carbocycles. The second-order valence-corrected chi connectivity index (χ2v) is 7.51. The molecule has 2 rings (SSSR count). The normalized spacial score (nSPS) is 11.4. The van der Waals surface area contributed by atoms with Gasteiger partial charge in [-0.25, -0.2) is 4.79 Å². The molecule has 0 bridgehead atoms. The number of carbonyl (C=O) groups excluding carboxylic acids is 1. The lowest BCUT2D eigenvalue weighted by molar-refractivity contribution is 0.0468. The smallest absolute Gasteiger partial charge is 0.342 e. The first-order valence-corrected chi connectivity index (χ1v) is 8.23. The van der Waals surface area contributed by atoms with E-state index in [9.17, 15) is 9.90 Å². The number of aromatic hydroxyl groups is 1. The molecule has 0 aromatic heterocycles. The lowest BCUT2D eigenvalue weighted by Gasteiger charge is -2.22. The van der Waals surface area contributed by atoms with Gasteiger partial charge >= 0.3 is 5.97 Å². The zero-order valence-corrected chi connectivity index (χ0v) is 15.5. The summed E-state index contributed by atoms with van der Waals surface area (Å²) >= 11 is 5.87. The van der Waals surface area contributed by atoms with E-state index in [1.54, 1.807) is 0 Å². The van der Waals surface area contributed by atoms with Gasteiger partial charge in [0.2, 0.25) is 0 Å². The minimum atomic E-state index is -0.589. The predicted molar refractivity (Wildman–Crippen MR) is 96.9 cm³/mol. The second-order valence-electron chi connectivity index (χ2n) is 7.08. The molecule has 3 nitrogen and oxygen atoms in total. The highest BCUT2D eigenvalue weighted by Gasteiger charge is 2.18. The van der Waals surface area contributed by atoms with Gasteiger partial charge in [0.1, 0.15) is 17.9 Å². The number of carbonyl (C=O) groups is 1. The number of hydrogen-bond donors (Lipinski definition) is 1. The van der Waals surface area contributed by atoms with Gasteiger partial charge in [-0.2, -0.15) is 0 Å². The molecule has 2 aromatic carbocycles. The van der Waals surface area contributed by atoms with Crippen molar-refractivity contribution in [2.45, 2.75) is 46.6 Å². The van der Waals surface area contributed by atoms with Crippen LogP contribution in [0.2, 0.25) is 5.02 Å². The third-order valence-electron chi connectivity index (χ3n) is 4.09. The molecule has 0 unspecified atom stereocenters. The minimum Gasteiger partial charge on any atom is -0.507 e. The van der Waals surface area contributed by atoms with E-state index in [-0.39, 0.29) is 23.3 Å². The molecule has 0 atom stereocenters. The maximum atomic E-state index is 12.2. The average Bonchev–Trinajstić information content (AvgIpc) is 2.47. The van der Waals surface area contributed by atoms with Crippen LogP contribution in [0.5, 0.6) is 5.75 Å². The van der Waals surface area contributed by atoms with Crippen molar-refractivity contribution in [1.82, 2.24) is 0 Å². The Balaban J connectivity index is 2.20. The van der Waals surface area contributed by atoms with Gasteiger partial charge in [0.25, 0.3) is 0 Å². The molecular formula is C20H23ClO3. The van der Waals surface area contributed by atoms with Gasteiger partial charge in [-0.3, -0.25) is 0 Å². The molecule has 0 saturated carbocycles. The van der Waals surface area contributed by atoms with Gasteiger partial charge in [0, 0.05) is 5.02 Å². The van der Waals surface area contributed by atoms with E-state index in [0.717, 1.165) is 16.7 Å². The van der Waals surface area contributed by atoms with Crippen LogP contribution in [0.4, 0.5) is 0 Å². The van der Waals surface area contributed by atoms with E-state index in [4.69, 9.17) is 16.3 Å². The number of phenols is 1. The van der Waals surface area contributed by atoms with Crippen LogP contribution in [0, 0.1) is 13.8 Å². The summed E-state index contributed by atoms with van der Waals surface area (Å²) in [6.45, 7) is 10.7. The molecule has 24 heavy (non-hydrogen) atoms. The first-order chi connectivity index (χ1) is 11.1. The van der Waals surface area contributed by atoms with Gasteiger partial charge < -0.3 is 9.84 Å². The summed E-state index contributed by atoms with van der Waals surface area (Å²) in [5, 5.41) is 10.2. The van der Waals surface area contributed by atoms with E-state index < -0.39 is 5.97 Å².